The molecule has 9 aromatic rings. The predicted molar refractivity (Wildman–Crippen MR) is 199 cm³/mol. The van der Waals surface area contributed by atoms with E-state index in [4.69, 9.17) is 15.0 Å². The third kappa shape index (κ3) is 4.36. The zero-order valence-corrected chi connectivity index (χ0v) is 26.7. The molecule has 3 heterocycles. The van der Waals surface area contributed by atoms with Gasteiger partial charge in [0.15, 0.2) is 11.6 Å². The lowest BCUT2D eigenvalue weighted by Crippen LogP contribution is -2.06. The van der Waals surface area contributed by atoms with Crippen LogP contribution in [0.15, 0.2) is 146 Å². The average molecular weight is 618 g/mol. The Balaban J connectivity index is 1.38. The zero-order chi connectivity index (χ0) is 32.2. The Bertz CT molecular complexity index is 2620. The van der Waals surface area contributed by atoms with Crippen LogP contribution in [0.25, 0.3) is 84.0 Å². The normalized spacial score (nSPS) is 11.9. The second-order valence-electron chi connectivity index (χ2n) is 12.1. The summed E-state index contributed by atoms with van der Waals surface area (Å²) in [6, 6.07) is 48.6. The van der Waals surface area contributed by atoms with Gasteiger partial charge in [-0.05, 0) is 55.0 Å². The minimum atomic E-state index is 0.589. The molecular weight excluding hydrogens is 587 g/mol. The number of aromatic nitrogens is 5. The quantitative estimate of drug-likeness (QED) is 0.193. The van der Waals surface area contributed by atoms with Crippen molar-refractivity contribution in [2.45, 2.75) is 13.8 Å². The standard InChI is InChI=1S/C43H31N5/c1-3-14-34-28(2)47(33-24-23-29-15-10-11-20-32(29)27-33)37-25-26-38-40(39(34)37)35-21-12-13-22-36(35)48(38)43-45-41(30-16-6-4-7-17-30)44-42(46-43)31-18-8-5-9-19-31/h3-27H,1-2H3/b14-3-. The number of rotatable bonds is 5. The fraction of sp³-hybridized carbons (Fsp3) is 0.0465. The summed E-state index contributed by atoms with van der Waals surface area (Å²) in [5, 5.41) is 6.01. The van der Waals surface area contributed by atoms with Crippen molar-refractivity contribution < 1.29 is 0 Å². The van der Waals surface area contributed by atoms with Crippen LogP contribution in [-0.2, 0) is 0 Å². The van der Waals surface area contributed by atoms with Gasteiger partial charge in [-0.3, -0.25) is 4.57 Å². The van der Waals surface area contributed by atoms with Crippen molar-refractivity contribution in [1.29, 1.82) is 0 Å². The molecule has 228 valence electrons. The number of benzene rings is 6. The Morgan fingerprint density at radius 2 is 1.12 bits per heavy atom. The molecule has 0 fully saturated rings. The van der Waals surface area contributed by atoms with Crippen molar-refractivity contribution in [2.24, 2.45) is 0 Å². The number of para-hydroxylation sites is 1. The Morgan fingerprint density at radius 3 is 1.81 bits per heavy atom. The van der Waals surface area contributed by atoms with Crippen molar-refractivity contribution >= 4 is 49.6 Å². The molecule has 0 aliphatic rings. The number of allylic oxidation sites excluding steroid dienone is 1. The molecular formula is C43H31N5. The molecule has 0 amide bonds. The molecule has 0 saturated carbocycles. The van der Waals surface area contributed by atoms with Crippen LogP contribution >= 0.6 is 0 Å². The van der Waals surface area contributed by atoms with Crippen molar-refractivity contribution in [3.63, 3.8) is 0 Å². The molecule has 6 aromatic carbocycles. The highest BCUT2D eigenvalue weighted by Crippen LogP contribution is 2.41. The van der Waals surface area contributed by atoms with Gasteiger partial charge in [0, 0.05) is 44.2 Å². The number of fused-ring (bicyclic) bond motifs is 6. The van der Waals surface area contributed by atoms with E-state index in [2.05, 4.69) is 114 Å². The molecule has 0 atom stereocenters. The van der Waals surface area contributed by atoms with Crippen LogP contribution in [0.3, 0.4) is 0 Å². The fourth-order valence-corrected chi connectivity index (χ4v) is 7.12. The summed E-state index contributed by atoms with van der Waals surface area (Å²) in [7, 11) is 0. The van der Waals surface area contributed by atoms with Gasteiger partial charge in [-0.2, -0.15) is 9.97 Å². The minimum absolute atomic E-state index is 0.589. The van der Waals surface area contributed by atoms with Gasteiger partial charge >= 0.3 is 0 Å². The summed E-state index contributed by atoms with van der Waals surface area (Å²) in [5.74, 6) is 1.87. The third-order valence-electron chi connectivity index (χ3n) is 9.26. The van der Waals surface area contributed by atoms with Crippen LogP contribution in [0.5, 0.6) is 0 Å². The summed E-state index contributed by atoms with van der Waals surface area (Å²) in [6.07, 6.45) is 4.37. The Morgan fingerprint density at radius 1 is 0.521 bits per heavy atom. The van der Waals surface area contributed by atoms with Crippen molar-refractivity contribution in [3.05, 3.63) is 157 Å². The zero-order valence-electron chi connectivity index (χ0n) is 26.7. The summed E-state index contributed by atoms with van der Waals surface area (Å²) >= 11 is 0. The predicted octanol–water partition coefficient (Wildman–Crippen LogP) is 10.7. The number of hydrogen-bond acceptors (Lipinski definition) is 3. The topological polar surface area (TPSA) is 48.5 Å². The van der Waals surface area contributed by atoms with Crippen molar-refractivity contribution in [2.75, 3.05) is 0 Å². The summed E-state index contributed by atoms with van der Waals surface area (Å²) in [6.45, 7) is 4.31. The largest absolute Gasteiger partial charge is 0.313 e. The lowest BCUT2D eigenvalue weighted by molar-refractivity contribution is 0.953. The Hall–Kier alpha value is -6.33. The highest BCUT2D eigenvalue weighted by Gasteiger charge is 2.23. The van der Waals surface area contributed by atoms with E-state index >= 15 is 0 Å². The molecule has 9 rings (SSSR count). The van der Waals surface area contributed by atoms with E-state index in [1.54, 1.807) is 0 Å². The summed E-state index contributed by atoms with van der Waals surface area (Å²) < 4.78 is 4.60. The molecule has 0 aliphatic carbocycles. The molecule has 5 nitrogen and oxygen atoms in total. The van der Waals surface area contributed by atoms with Crippen molar-refractivity contribution in [1.82, 2.24) is 24.1 Å². The molecule has 3 aromatic heterocycles. The van der Waals surface area contributed by atoms with Crippen LogP contribution in [-0.4, -0.2) is 24.1 Å². The van der Waals surface area contributed by atoms with Crippen molar-refractivity contribution in [3.8, 4) is 34.4 Å². The third-order valence-corrected chi connectivity index (χ3v) is 9.26. The molecule has 0 radical (unpaired) electrons. The van der Waals surface area contributed by atoms with E-state index in [0.717, 1.165) is 38.8 Å². The van der Waals surface area contributed by atoms with Crippen LogP contribution in [0, 0.1) is 6.92 Å². The summed E-state index contributed by atoms with van der Waals surface area (Å²) in [4.78, 5) is 15.2. The maximum Gasteiger partial charge on any atom is 0.238 e. The van der Waals surface area contributed by atoms with Gasteiger partial charge in [-0.1, -0.05) is 121 Å². The lowest BCUT2D eigenvalue weighted by atomic mass is 10.0. The molecule has 48 heavy (non-hydrogen) atoms. The number of hydrogen-bond donors (Lipinski definition) is 0. The smallest absolute Gasteiger partial charge is 0.238 e. The molecule has 0 saturated heterocycles. The van der Waals surface area contributed by atoms with Crippen LogP contribution < -0.4 is 0 Å². The van der Waals surface area contributed by atoms with E-state index in [1.807, 2.05) is 60.7 Å². The summed E-state index contributed by atoms with van der Waals surface area (Å²) in [5.41, 5.74) is 8.70. The maximum absolute atomic E-state index is 5.13. The highest BCUT2D eigenvalue weighted by atomic mass is 15.2. The van der Waals surface area contributed by atoms with Gasteiger partial charge in [-0.15, -0.1) is 0 Å². The van der Waals surface area contributed by atoms with Gasteiger partial charge in [0.05, 0.1) is 16.6 Å². The first kappa shape index (κ1) is 27.9. The Kier molecular flexibility index (Phi) is 6.51. The monoisotopic (exact) mass is 617 g/mol. The Labute approximate surface area is 278 Å². The first-order valence-corrected chi connectivity index (χ1v) is 16.3. The minimum Gasteiger partial charge on any atom is -0.313 e. The van der Waals surface area contributed by atoms with Crippen LogP contribution in [0.2, 0.25) is 0 Å². The average Bonchev–Trinajstić information content (AvgIpc) is 3.63. The maximum atomic E-state index is 5.13. The fourth-order valence-electron chi connectivity index (χ4n) is 7.12. The van der Waals surface area contributed by atoms with E-state index in [0.29, 0.717) is 17.6 Å². The molecule has 0 unspecified atom stereocenters. The molecule has 0 bridgehead atoms. The van der Waals surface area contributed by atoms with Gasteiger partial charge in [0.25, 0.3) is 0 Å². The van der Waals surface area contributed by atoms with E-state index in [9.17, 15) is 0 Å². The van der Waals surface area contributed by atoms with Crippen LogP contribution in [0.4, 0.5) is 0 Å². The SMILES string of the molecule is C/C=C\c1c(C)n(-c2ccc3ccccc3c2)c2ccc3c(c4ccccc4n3-c3nc(-c4ccccc4)nc(-c4ccccc4)n3)c12. The second-order valence-corrected chi connectivity index (χ2v) is 12.1. The van der Waals surface area contributed by atoms with E-state index < -0.39 is 0 Å². The first-order chi connectivity index (χ1) is 23.7. The number of nitrogens with zero attached hydrogens (tertiary/aromatic N) is 5. The van der Waals surface area contributed by atoms with Gasteiger partial charge < -0.3 is 4.57 Å². The second kappa shape index (κ2) is 11.2. The van der Waals surface area contributed by atoms with E-state index in [1.165, 1.54) is 32.8 Å². The first-order valence-electron chi connectivity index (χ1n) is 16.3. The van der Waals surface area contributed by atoms with Gasteiger partial charge in [0.1, 0.15) is 0 Å². The molecule has 0 spiro atoms. The van der Waals surface area contributed by atoms with Gasteiger partial charge in [-0.25, -0.2) is 4.98 Å². The highest BCUT2D eigenvalue weighted by molar-refractivity contribution is 6.23. The molecule has 0 N–H and O–H groups in total. The lowest BCUT2D eigenvalue weighted by Gasteiger charge is -2.11. The molecule has 0 aliphatic heterocycles. The molecule has 5 heteroatoms. The van der Waals surface area contributed by atoms with Crippen LogP contribution in [0.1, 0.15) is 18.2 Å². The van der Waals surface area contributed by atoms with E-state index in [-0.39, 0.29) is 0 Å². The van der Waals surface area contributed by atoms with Gasteiger partial charge in [0.2, 0.25) is 5.95 Å².